The van der Waals surface area contributed by atoms with Crippen molar-refractivity contribution in [1.29, 1.82) is 0 Å². The number of carboxylic acids is 2. The van der Waals surface area contributed by atoms with Crippen LogP contribution in [0.3, 0.4) is 0 Å². The van der Waals surface area contributed by atoms with E-state index in [9.17, 15) is 28.2 Å². The zero-order valence-corrected chi connectivity index (χ0v) is 21.1. The van der Waals surface area contributed by atoms with Gasteiger partial charge in [-0.15, -0.1) is 0 Å². The van der Waals surface area contributed by atoms with Crippen LogP contribution in [-0.4, -0.2) is 61.7 Å². The van der Waals surface area contributed by atoms with E-state index in [0.29, 0.717) is 62.8 Å². The van der Waals surface area contributed by atoms with E-state index in [1.54, 1.807) is 24.3 Å². The number of sulfone groups is 1. The van der Waals surface area contributed by atoms with Gasteiger partial charge >= 0.3 is 11.9 Å². The summed E-state index contributed by atoms with van der Waals surface area (Å²) in [6, 6.07) is 14.0. The first kappa shape index (κ1) is 25.0. The number of pyridine rings is 1. The lowest BCUT2D eigenvalue weighted by Crippen LogP contribution is -2.36. The summed E-state index contributed by atoms with van der Waals surface area (Å²) in [5, 5.41) is 19.2. The number of hydrogen-bond donors (Lipinski definition) is 2. The predicted octanol–water partition coefficient (Wildman–Crippen LogP) is 3.67. The topological polar surface area (TPSA) is 128 Å². The molecule has 194 valence electrons. The highest BCUT2D eigenvalue weighted by Gasteiger charge is 2.27. The Morgan fingerprint density at radius 1 is 0.784 bits per heavy atom. The molecule has 9 nitrogen and oxygen atoms in total. The lowest BCUT2D eigenvalue weighted by Gasteiger charge is -2.32. The molecule has 0 spiro atoms. The van der Waals surface area contributed by atoms with E-state index in [1.165, 1.54) is 6.20 Å². The van der Waals surface area contributed by atoms with Crippen molar-refractivity contribution in [2.75, 3.05) is 36.0 Å². The summed E-state index contributed by atoms with van der Waals surface area (Å²) < 4.78 is 27.1. The molecule has 3 aromatic rings. The van der Waals surface area contributed by atoms with Crippen LogP contribution >= 0.6 is 0 Å². The lowest BCUT2D eigenvalue weighted by atomic mass is 9.96. The Morgan fingerprint density at radius 3 is 2.00 bits per heavy atom. The molecule has 0 atom stereocenters. The van der Waals surface area contributed by atoms with E-state index in [1.807, 2.05) is 29.2 Å². The van der Waals surface area contributed by atoms with Gasteiger partial charge in [-0.25, -0.2) is 8.42 Å². The van der Waals surface area contributed by atoms with Gasteiger partial charge in [0.25, 0.3) is 0 Å². The molecule has 2 saturated heterocycles. The van der Waals surface area contributed by atoms with Crippen LogP contribution in [0, 0.1) is 11.8 Å². The molecule has 0 unspecified atom stereocenters. The van der Waals surface area contributed by atoms with Gasteiger partial charge < -0.3 is 20.0 Å². The zero-order chi connectivity index (χ0) is 26.2. The number of nitrogens with zero attached hydrogens (tertiary/aromatic N) is 3. The minimum Gasteiger partial charge on any atom is -0.481 e. The molecule has 5 rings (SSSR count). The number of aliphatic carboxylic acids is 2. The third-order valence-corrected chi connectivity index (χ3v) is 9.22. The Bertz CT molecular complexity index is 1440. The first-order valence-corrected chi connectivity index (χ1v) is 13.9. The van der Waals surface area contributed by atoms with Crippen LogP contribution in [-0.2, 0) is 19.4 Å². The van der Waals surface area contributed by atoms with E-state index in [2.05, 4.69) is 9.88 Å². The summed E-state index contributed by atoms with van der Waals surface area (Å²) in [6.07, 6.45) is 3.55. The number of benzene rings is 2. The molecule has 2 aliphatic rings. The van der Waals surface area contributed by atoms with Crippen LogP contribution in [0.4, 0.5) is 11.4 Å². The van der Waals surface area contributed by atoms with Crippen molar-refractivity contribution >= 4 is 44.1 Å². The molecule has 0 radical (unpaired) electrons. The summed E-state index contributed by atoms with van der Waals surface area (Å²) in [4.78, 5) is 31.5. The highest BCUT2D eigenvalue weighted by atomic mass is 32.2. The molecule has 2 aromatic carbocycles. The number of anilines is 2. The summed E-state index contributed by atoms with van der Waals surface area (Å²) in [5.41, 5.74) is 2.31. The number of rotatable bonds is 6. The molecule has 2 fully saturated rings. The van der Waals surface area contributed by atoms with Gasteiger partial charge in [-0.05, 0) is 56.0 Å². The maximum atomic E-state index is 13.5. The zero-order valence-electron chi connectivity index (χ0n) is 20.3. The molecule has 37 heavy (non-hydrogen) atoms. The van der Waals surface area contributed by atoms with Crippen LogP contribution in [0.15, 0.2) is 64.5 Å². The second-order valence-corrected chi connectivity index (χ2v) is 11.7. The van der Waals surface area contributed by atoms with Crippen molar-refractivity contribution in [2.24, 2.45) is 11.8 Å². The Labute approximate surface area is 215 Å². The fourth-order valence-corrected chi connectivity index (χ4v) is 6.54. The second kappa shape index (κ2) is 10.0. The molecule has 1 aromatic heterocycles. The van der Waals surface area contributed by atoms with Crippen molar-refractivity contribution < 1.29 is 28.2 Å². The van der Waals surface area contributed by atoms with Gasteiger partial charge in [-0.1, -0.05) is 18.2 Å². The molecule has 2 aliphatic heterocycles. The van der Waals surface area contributed by atoms with Crippen molar-refractivity contribution in [3.8, 4) is 0 Å². The Kier molecular flexibility index (Phi) is 6.76. The molecular weight excluding hydrogens is 494 g/mol. The molecule has 0 aliphatic carbocycles. The Balaban J connectivity index is 1.39. The molecular formula is C27H29N3O6S. The van der Waals surface area contributed by atoms with Gasteiger partial charge in [0.1, 0.15) is 0 Å². The van der Waals surface area contributed by atoms with Gasteiger partial charge in [0.2, 0.25) is 9.84 Å². The summed E-state index contributed by atoms with van der Waals surface area (Å²) >= 11 is 0. The minimum atomic E-state index is -3.83. The largest absolute Gasteiger partial charge is 0.481 e. The molecule has 2 N–H and O–H groups in total. The SMILES string of the molecule is O=C(O)C1CCN(c2cccc(S(=O)(=O)c3cnc4c(N5CCC(C(=O)O)CC5)cccc4c3)c2)CC1. The predicted molar refractivity (Wildman–Crippen MR) is 139 cm³/mol. The van der Waals surface area contributed by atoms with Crippen LogP contribution < -0.4 is 9.80 Å². The lowest BCUT2D eigenvalue weighted by molar-refractivity contribution is -0.143. The van der Waals surface area contributed by atoms with E-state index >= 15 is 0 Å². The first-order valence-electron chi connectivity index (χ1n) is 12.4. The van der Waals surface area contributed by atoms with Crippen LogP contribution in [0.2, 0.25) is 0 Å². The third kappa shape index (κ3) is 4.98. The number of carboxylic acid groups (broad SMARTS) is 2. The van der Waals surface area contributed by atoms with Gasteiger partial charge in [-0.3, -0.25) is 14.6 Å². The normalized spacial score (nSPS) is 17.7. The van der Waals surface area contributed by atoms with E-state index < -0.39 is 21.8 Å². The van der Waals surface area contributed by atoms with Crippen LogP contribution in [0.25, 0.3) is 10.9 Å². The molecule has 3 heterocycles. The monoisotopic (exact) mass is 523 g/mol. The van der Waals surface area contributed by atoms with Crippen molar-refractivity contribution in [3.05, 3.63) is 54.7 Å². The first-order chi connectivity index (χ1) is 17.7. The summed E-state index contributed by atoms with van der Waals surface area (Å²) in [5.74, 6) is -2.25. The highest BCUT2D eigenvalue weighted by Crippen LogP contribution is 2.32. The van der Waals surface area contributed by atoms with E-state index in [-0.39, 0.29) is 21.6 Å². The standard InChI is InChI=1S/C27H29N3O6S/c31-26(32)18-7-11-29(12-8-18)21-4-2-5-22(16-21)37(35,36)23-15-20-3-1-6-24(25(20)28-17-23)30-13-9-19(10-14-30)27(33)34/h1-6,15-19H,7-14H2,(H,31,32)(H,33,34). The number of hydrogen-bond acceptors (Lipinski definition) is 7. The van der Waals surface area contributed by atoms with Gasteiger partial charge in [0, 0.05) is 43.4 Å². The number of para-hydroxylation sites is 1. The van der Waals surface area contributed by atoms with Crippen molar-refractivity contribution in [3.63, 3.8) is 0 Å². The Morgan fingerprint density at radius 2 is 1.38 bits per heavy atom. The minimum absolute atomic E-state index is 0.100. The quantitative estimate of drug-likeness (QED) is 0.497. The van der Waals surface area contributed by atoms with Crippen molar-refractivity contribution in [1.82, 2.24) is 4.98 Å². The number of fused-ring (bicyclic) bond motifs is 1. The fourth-order valence-electron chi connectivity index (χ4n) is 5.26. The summed E-state index contributed by atoms with van der Waals surface area (Å²) in [7, 11) is -3.83. The van der Waals surface area contributed by atoms with Crippen LogP contribution in [0.5, 0.6) is 0 Å². The van der Waals surface area contributed by atoms with Crippen molar-refractivity contribution in [2.45, 2.75) is 35.5 Å². The maximum absolute atomic E-state index is 13.5. The third-order valence-electron chi connectivity index (χ3n) is 7.50. The number of aromatic nitrogens is 1. The summed E-state index contributed by atoms with van der Waals surface area (Å²) in [6.45, 7) is 2.33. The van der Waals surface area contributed by atoms with Crippen LogP contribution in [0.1, 0.15) is 25.7 Å². The van der Waals surface area contributed by atoms with Gasteiger partial charge in [0.15, 0.2) is 0 Å². The molecule has 0 bridgehead atoms. The molecule has 0 amide bonds. The van der Waals surface area contributed by atoms with E-state index in [0.717, 1.165) is 11.4 Å². The average molecular weight is 524 g/mol. The molecule has 10 heteroatoms. The number of piperidine rings is 2. The van der Waals surface area contributed by atoms with Gasteiger partial charge in [0.05, 0.1) is 32.8 Å². The number of carbonyl (C=O) groups is 2. The highest BCUT2D eigenvalue weighted by molar-refractivity contribution is 7.91. The fraction of sp³-hybridized carbons (Fsp3) is 0.370. The maximum Gasteiger partial charge on any atom is 0.306 e. The Hall–Kier alpha value is -3.66. The second-order valence-electron chi connectivity index (χ2n) is 9.72. The molecule has 0 saturated carbocycles. The van der Waals surface area contributed by atoms with E-state index in [4.69, 9.17) is 0 Å². The smallest absolute Gasteiger partial charge is 0.306 e. The average Bonchev–Trinajstić information content (AvgIpc) is 2.92. The van der Waals surface area contributed by atoms with Gasteiger partial charge in [-0.2, -0.15) is 0 Å².